The minimum absolute atomic E-state index is 0.286. The van der Waals surface area contributed by atoms with E-state index in [0.29, 0.717) is 0 Å². The van der Waals surface area contributed by atoms with Crippen molar-refractivity contribution in [1.29, 1.82) is 0 Å². The van der Waals surface area contributed by atoms with Gasteiger partial charge in [0.1, 0.15) is 8.07 Å². The van der Waals surface area contributed by atoms with Crippen molar-refractivity contribution < 1.29 is 18.9 Å². The average Bonchev–Trinajstić information content (AvgIpc) is 2.67. The van der Waals surface area contributed by atoms with Crippen LogP contribution < -0.4 is 0 Å². The van der Waals surface area contributed by atoms with E-state index >= 15 is 0 Å². The summed E-state index contributed by atoms with van der Waals surface area (Å²) in [4.78, 5) is 0. The van der Waals surface area contributed by atoms with Crippen molar-refractivity contribution in [2.75, 3.05) is 26.4 Å². The normalized spacial score (nSPS) is 22.9. The molecule has 5 heteroatoms. The summed E-state index contributed by atoms with van der Waals surface area (Å²) in [6.45, 7) is 9.81. The van der Waals surface area contributed by atoms with Gasteiger partial charge in [-0.15, -0.1) is 5.54 Å². The fraction of sp³-hybridized carbons (Fsp3) is 0.700. The highest BCUT2D eigenvalue weighted by Crippen LogP contribution is 2.37. The largest absolute Gasteiger partial charge is 0.348 e. The monoisotopic (exact) mass is 362 g/mol. The molecule has 2 aliphatic heterocycles. The quantitative estimate of drug-likeness (QED) is 0.551. The van der Waals surface area contributed by atoms with Crippen molar-refractivity contribution in [3.05, 3.63) is 22.8 Å². The standard InChI is InChI=1S/C20H30O4Si/c1-4-25(5-2,6-3)14-9-16-17(19-21-10-7-11-22-19)15-18(16)20-23-12-8-13-24-20/h15,19-20H,4-8,10-13H2,1-3H3. The second kappa shape index (κ2) is 8.66. The molecule has 3 aliphatic rings. The molecule has 138 valence electrons. The molecule has 0 aromatic carbocycles. The molecular weight excluding hydrogens is 332 g/mol. The maximum atomic E-state index is 5.80. The summed E-state index contributed by atoms with van der Waals surface area (Å²) in [5, 5.41) is 0. The Kier molecular flexibility index (Phi) is 6.53. The molecule has 0 saturated carbocycles. The molecule has 25 heavy (non-hydrogen) atoms. The Morgan fingerprint density at radius 3 is 1.92 bits per heavy atom. The number of ether oxygens (including phenoxy) is 4. The maximum absolute atomic E-state index is 5.80. The van der Waals surface area contributed by atoms with Gasteiger partial charge in [-0.1, -0.05) is 26.7 Å². The summed E-state index contributed by atoms with van der Waals surface area (Å²) in [5.74, 6) is 3.51. The fourth-order valence-corrected chi connectivity index (χ4v) is 5.88. The molecule has 0 N–H and O–H groups in total. The lowest BCUT2D eigenvalue weighted by Crippen LogP contribution is -2.35. The minimum Gasteiger partial charge on any atom is -0.348 e. The summed E-state index contributed by atoms with van der Waals surface area (Å²) in [5.41, 5.74) is 6.85. The predicted molar refractivity (Wildman–Crippen MR) is 101 cm³/mol. The van der Waals surface area contributed by atoms with Crippen LogP contribution in [0.5, 0.6) is 0 Å². The molecule has 0 atom stereocenters. The van der Waals surface area contributed by atoms with Gasteiger partial charge in [0.15, 0.2) is 12.6 Å². The summed E-state index contributed by atoms with van der Waals surface area (Å²) < 4.78 is 23.2. The molecule has 0 spiro atoms. The van der Waals surface area contributed by atoms with Gasteiger partial charge in [-0.3, -0.25) is 0 Å². The van der Waals surface area contributed by atoms with Crippen LogP contribution in [0.25, 0.3) is 0 Å². The van der Waals surface area contributed by atoms with E-state index < -0.39 is 8.07 Å². The van der Waals surface area contributed by atoms with Gasteiger partial charge in [0.2, 0.25) is 0 Å². The molecular formula is C20H30O4Si. The Bertz CT molecular complexity index is 574. The minimum atomic E-state index is -1.51. The third kappa shape index (κ3) is 4.10. The highest BCUT2D eigenvalue weighted by molar-refractivity contribution is 6.87. The van der Waals surface area contributed by atoms with Gasteiger partial charge in [0.05, 0.1) is 26.4 Å². The molecule has 1 aliphatic carbocycles. The van der Waals surface area contributed by atoms with Gasteiger partial charge >= 0.3 is 0 Å². The number of hydrogen-bond donors (Lipinski definition) is 0. The van der Waals surface area contributed by atoms with Crippen LogP contribution in [-0.2, 0) is 18.9 Å². The zero-order chi connectivity index (χ0) is 17.7. The van der Waals surface area contributed by atoms with E-state index in [1.54, 1.807) is 0 Å². The van der Waals surface area contributed by atoms with Crippen LogP contribution >= 0.6 is 0 Å². The van der Waals surface area contributed by atoms with Crippen LogP contribution in [0.4, 0.5) is 0 Å². The summed E-state index contributed by atoms with van der Waals surface area (Å²) in [7, 11) is -1.51. The molecule has 2 fully saturated rings. The Morgan fingerprint density at radius 2 is 1.40 bits per heavy atom. The van der Waals surface area contributed by atoms with Crippen molar-refractivity contribution in [2.45, 2.75) is 64.3 Å². The first-order valence-corrected chi connectivity index (χ1v) is 12.3. The number of rotatable bonds is 5. The molecule has 2 heterocycles. The predicted octanol–water partition coefficient (Wildman–Crippen LogP) is 3.80. The molecule has 0 unspecified atom stereocenters. The van der Waals surface area contributed by atoms with E-state index in [4.69, 9.17) is 18.9 Å². The van der Waals surface area contributed by atoms with Crippen LogP contribution in [0.1, 0.15) is 33.6 Å². The van der Waals surface area contributed by atoms with Crippen molar-refractivity contribution in [1.82, 2.24) is 0 Å². The Labute approximate surface area is 152 Å². The van der Waals surface area contributed by atoms with Crippen molar-refractivity contribution in [2.24, 2.45) is 0 Å². The molecule has 4 nitrogen and oxygen atoms in total. The van der Waals surface area contributed by atoms with E-state index in [9.17, 15) is 0 Å². The van der Waals surface area contributed by atoms with E-state index in [1.165, 1.54) is 18.1 Å². The van der Waals surface area contributed by atoms with Crippen LogP contribution in [-0.4, -0.2) is 47.1 Å². The van der Waals surface area contributed by atoms with E-state index in [-0.39, 0.29) is 12.6 Å². The van der Waals surface area contributed by atoms with Crippen molar-refractivity contribution in [3.8, 4) is 11.5 Å². The lowest BCUT2D eigenvalue weighted by Gasteiger charge is -2.34. The first-order valence-electron chi connectivity index (χ1n) is 9.68. The SMILES string of the molecule is CC[Si](C#CC1=C(C2OCCCO2)C=C1C1OCCCO1)(CC)CC. The third-order valence-corrected chi connectivity index (χ3v) is 10.2. The zero-order valence-corrected chi connectivity index (χ0v) is 16.7. The molecule has 0 amide bonds. The van der Waals surface area contributed by atoms with Gasteiger partial charge in [-0.05, 0) is 37.0 Å². The first kappa shape index (κ1) is 18.9. The topological polar surface area (TPSA) is 36.9 Å². The van der Waals surface area contributed by atoms with Gasteiger partial charge in [-0.25, -0.2) is 0 Å². The van der Waals surface area contributed by atoms with Crippen LogP contribution in [0.2, 0.25) is 18.1 Å². The molecule has 0 aromatic rings. The Morgan fingerprint density at radius 1 is 0.880 bits per heavy atom. The van der Waals surface area contributed by atoms with E-state index in [0.717, 1.165) is 56.0 Å². The highest BCUT2D eigenvalue weighted by atomic mass is 28.3. The summed E-state index contributed by atoms with van der Waals surface area (Å²) >= 11 is 0. The second-order valence-corrected chi connectivity index (χ2v) is 11.8. The summed E-state index contributed by atoms with van der Waals surface area (Å²) in [6.07, 6.45) is 3.43. The zero-order valence-electron chi connectivity index (χ0n) is 15.7. The Hall–Kier alpha value is -0.903. The Balaban J connectivity index is 1.84. The summed E-state index contributed by atoms with van der Waals surface area (Å²) in [6, 6.07) is 3.59. The van der Waals surface area contributed by atoms with Crippen LogP contribution in [0.15, 0.2) is 22.8 Å². The van der Waals surface area contributed by atoms with Gasteiger partial charge < -0.3 is 18.9 Å². The molecule has 0 bridgehead atoms. The molecule has 0 radical (unpaired) electrons. The molecule has 3 rings (SSSR count). The maximum Gasteiger partial charge on any atom is 0.185 e. The van der Waals surface area contributed by atoms with Gasteiger partial charge in [0, 0.05) is 16.7 Å². The lowest BCUT2D eigenvalue weighted by atomic mass is 9.87. The highest BCUT2D eigenvalue weighted by Gasteiger charge is 2.34. The first-order chi connectivity index (χ1) is 12.2. The van der Waals surface area contributed by atoms with E-state index in [2.05, 4.69) is 38.3 Å². The van der Waals surface area contributed by atoms with Crippen molar-refractivity contribution >= 4 is 8.07 Å². The smallest absolute Gasteiger partial charge is 0.185 e. The van der Waals surface area contributed by atoms with Gasteiger partial charge in [0.25, 0.3) is 0 Å². The fourth-order valence-electron chi connectivity index (χ4n) is 3.46. The van der Waals surface area contributed by atoms with Gasteiger partial charge in [-0.2, -0.15) is 0 Å². The number of hydrogen-bond acceptors (Lipinski definition) is 4. The van der Waals surface area contributed by atoms with Crippen LogP contribution in [0, 0.1) is 11.5 Å². The molecule has 0 aromatic heterocycles. The average molecular weight is 363 g/mol. The second-order valence-electron chi connectivity index (χ2n) is 6.88. The van der Waals surface area contributed by atoms with Crippen molar-refractivity contribution in [3.63, 3.8) is 0 Å². The van der Waals surface area contributed by atoms with E-state index in [1.807, 2.05) is 0 Å². The molecule has 2 saturated heterocycles. The lowest BCUT2D eigenvalue weighted by molar-refractivity contribution is -0.162. The van der Waals surface area contributed by atoms with Crippen LogP contribution in [0.3, 0.4) is 0 Å². The third-order valence-electron chi connectivity index (χ3n) is 5.53.